The number of carbonyl (C=O) groups excluding carboxylic acids is 1. The van der Waals surface area contributed by atoms with E-state index in [1.807, 2.05) is 20.8 Å². The highest BCUT2D eigenvalue weighted by Crippen LogP contribution is 2.32. The van der Waals surface area contributed by atoms with Crippen LogP contribution in [0.3, 0.4) is 0 Å². The molecule has 0 aromatic heterocycles. The molecule has 21 heavy (non-hydrogen) atoms. The second-order valence-electron chi connectivity index (χ2n) is 7.54. The second-order valence-corrected chi connectivity index (χ2v) is 12.3. The van der Waals surface area contributed by atoms with E-state index < -0.39 is 13.7 Å². The Morgan fingerprint density at radius 3 is 2.67 bits per heavy atom. The lowest BCUT2D eigenvalue weighted by atomic mass is 10.0. The summed E-state index contributed by atoms with van der Waals surface area (Å²) in [5.41, 5.74) is 3.57. The van der Waals surface area contributed by atoms with Crippen LogP contribution < -0.4 is 0 Å². The highest BCUT2D eigenvalue weighted by Gasteiger charge is 2.46. The van der Waals surface area contributed by atoms with E-state index in [4.69, 9.17) is 9.57 Å². The number of fused-ring (bicyclic) bond motifs is 1. The lowest BCUT2D eigenvalue weighted by Gasteiger charge is -2.26. The van der Waals surface area contributed by atoms with Gasteiger partial charge in [0.25, 0.3) is 0 Å². The summed E-state index contributed by atoms with van der Waals surface area (Å²) in [5, 5.41) is 4.07. The van der Waals surface area contributed by atoms with Crippen molar-refractivity contribution in [2.24, 2.45) is 11.1 Å². The quantitative estimate of drug-likeness (QED) is 0.511. The second kappa shape index (κ2) is 5.37. The minimum absolute atomic E-state index is 0.0846. The minimum atomic E-state index is -1.44. The summed E-state index contributed by atoms with van der Waals surface area (Å²) in [6.45, 7) is 12.8. The number of amides is 1. The lowest BCUT2D eigenvalue weighted by molar-refractivity contribution is -0.0437. The average Bonchev–Trinajstić information content (AvgIpc) is 2.82. The molecular weight excluding hydrogens is 284 g/mol. The molecule has 2 heterocycles. The van der Waals surface area contributed by atoms with Gasteiger partial charge in [-0.25, -0.2) is 4.79 Å². The fourth-order valence-corrected chi connectivity index (χ4v) is 2.73. The molecule has 0 saturated carbocycles. The van der Waals surface area contributed by atoms with Crippen molar-refractivity contribution in [3.05, 3.63) is 0 Å². The predicted molar refractivity (Wildman–Crippen MR) is 84.5 cm³/mol. The molecule has 2 atom stereocenters. The van der Waals surface area contributed by atoms with Crippen molar-refractivity contribution < 1.29 is 14.4 Å². The standard InChI is InChI=1S/C15H24N2O3Si/c1-15(2,3)19-14(18)17-9-7-11-12(16-20-13(11)17)8-10-21(4,5)6/h11,13H,7,9H2,1-6H3. The molecule has 1 fully saturated rings. The summed E-state index contributed by atoms with van der Waals surface area (Å²) in [6.07, 6.45) is 0.124. The molecule has 116 valence electrons. The first-order chi connectivity index (χ1) is 9.57. The first-order valence-electron chi connectivity index (χ1n) is 7.33. The van der Waals surface area contributed by atoms with E-state index in [0.29, 0.717) is 6.54 Å². The normalized spacial score (nSPS) is 24.7. The van der Waals surface area contributed by atoms with Crippen molar-refractivity contribution in [1.82, 2.24) is 4.90 Å². The van der Waals surface area contributed by atoms with Gasteiger partial charge in [-0.2, -0.15) is 0 Å². The highest BCUT2D eigenvalue weighted by molar-refractivity contribution is 6.84. The molecule has 0 N–H and O–H groups in total. The smallest absolute Gasteiger partial charge is 0.413 e. The minimum Gasteiger partial charge on any atom is -0.444 e. The fraction of sp³-hybridized carbons (Fsp3) is 0.733. The summed E-state index contributed by atoms with van der Waals surface area (Å²) < 4.78 is 5.41. The molecule has 2 rings (SSSR count). The molecule has 0 aliphatic carbocycles. The molecule has 6 heteroatoms. The molecule has 1 amide bonds. The van der Waals surface area contributed by atoms with E-state index in [1.165, 1.54) is 0 Å². The SMILES string of the molecule is CC(C)(C)OC(=O)N1CCC2C(C#C[Si](C)(C)C)=NOC21. The fourth-order valence-electron chi connectivity index (χ4n) is 2.23. The molecule has 0 aromatic rings. The largest absolute Gasteiger partial charge is 0.444 e. The zero-order chi connectivity index (χ0) is 15.8. The van der Waals surface area contributed by atoms with E-state index in [0.717, 1.165) is 12.1 Å². The number of hydrogen-bond acceptors (Lipinski definition) is 4. The number of ether oxygens (including phenoxy) is 1. The van der Waals surface area contributed by atoms with Gasteiger partial charge in [-0.1, -0.05) is 30.7 Å². The molecule has 1 saturated heterocycles. The van der Waals surface area contributed by atoms with Gasteiger partial charge in [-0.05, 0) is 27.2 Å². The van der Waals surface area contributed by atoms with Crippen LogP contribution in [0.4, 0.5) is 4.79 Å². The first-order valence-corrected chi connectivity index (χ1v) is 10.8. The van der Waals surface area contributed by atoms with E-state index in [1.54, 1.807) is 4.90 Å². The topological polar surface area (TPSA) is 51.1 Å². The van der Waals surface area contributed by atoms with E-state index in [2.05, 4.69) is 36.3 Å². The Kier molecular flexibility index (Phi) is 4.07. The molecule has 0 radical (unpaired) electrons. The monoisotopic (exact) mass is 308 g/mol. The van der Waals surface area contributed by atoms with Gasteiger partial charge in [-0.3, -0.25) is 4.90 Å². The van der Waals surface area contributed by atoms with E-state index >= 15 is 0 Å². The van der Waals surface area contributed by atoms with Crippen LogP contribution in [0.1, 0.15) is 27.2 Å². The molecular formula is C15H24N2O3Si. The Labute approximate surface area is 127 Å². The van der Waals surface area contributed by atoms with E-state index in [-0.39, 0.29) is 18.2 Å². The van der Waals surface area contributed by atoms with Crippen LogP contribution in [0.2, 0.25) is 19.6 Å². The number of oxime groups is 1. The third-order valence-electron chi connectivity index (χ3n) is 3.14. The van der Waals surface area contributed by atoms with Gasteiger partial charge in [0, 0.05) is 6.54 Å². The van der Waals surface area contributed by atoms with Crippen LogP contribution in [-0.2, 0) is 9.57 Å². The van der Waals surface area contributed by atoms with Crippen LogP contribution in [-0.4, -0.2) is 43.2 Å². The van der Waals surface area contributed by atoms with E-state index in [9.17, 15) is 4.79 Å². The number of likely N-dealkylation sites (tertiary alicyclic amines) is 1. The zero-order valence-electron chi connectivity index (χ0n) is 13.7. The lowest BCUT2D eigenvalue weighted by Crippen LogP contribution is -2.41. The number of nitrogens with zero attached hydrogens (tertiary/aromatic N) is 2. The molecule has 2 unspecified atom stereocenters. The van der Waals surface area contributed by atoms with Crippen LogP contribution >= 0.6 is 0 Å². The maximum Gasteiger partial charge on any atom is 0.413 e. The van der Waals surface area contributed by atoms with Crippen LogP contribution in [0.25, 0.3) is 0 Å². The van der Waals surface area contributed by atoms with Crippen molar-refractivity contribution in [1.29, 1.82) is 0 Å². The number of hydrogen-bond donors (Lipinski definition) is 0. The summed E-state index contributed by atoms with van der Waals surface area (Å²) >= 11 is 0. The maximum atomic E-state index is 12.2. The third-order valence-corrected chi connectivity index (χ3v) is 4.01. The van der Waals surface area contributed by atoms with Crippen LogP contribution in [0.5, 0.6) is 0 Å². The first kappa shape index (κ1) is 15.9. The molecule has 5 nitrogen and oxygen atoms in total. The summed E-state index contributed by atoms with van der Waals surface area (Å²) in [6, 6.07) is 0. The van der Waals surface area contributed by atoms with Crippen molar-refractivity contribution in [3.8, 4) is 11.5 Å². The van der Waals surface area contributed by atoms with Gasteiger partial charge < -0.3 is 9.57 Å². The Bertz CT molecular complexity index is 520. The Morgan fingerprint density at radius 1 is 1.43 bits per heavy atom. The Morgan fingerprint density at radius 2 is 2.10 bits per heavy atom. The molecule has 2 aliphatic rings. The van der Waals surface area contributed by atoms with Gasteiger partial charge in [0.05, 0.1) is 5.92 Å². The molecule has 0 aromatic carbocycles. The summed E-state index contributed by atoms with van der Waals surface area (Å²) in [7, 11) is -1.44. The zero-order valence-corrected chi connectivity index (χ0v) is 14.7. The number of carbonyl (C=O) groups is 1. The number of rotatable bonds is 0. The Hall–Kier alpha value is -1.48. The molecule has 2 aliphatic heterocycles. The summed E-state index contributed by atoms with van der Waals surface area (Å²) in [5.74, 6) is 3.24. The van der Waals surface area contributed by atoms with Crippen molar-refractivity contribution in [2.75, 3.05) is 6.54 Å². The van der Waals surface area contributed by atoms with Gasteiger partial charge in [0.2, 0.25) is 6.23 Å². The van der Waals surface area contributed by atoms with Crippen LogP contribution in [0.15, 0.2) is 5.16 Å². The molecule has 0 spiro atoms. The van der Waals surface area contributed by atoms with Crippen molar-refractivity contribution >= 4 is 19.9 Å². The van der Waals surface area contributed by atoms with Gasteiger partial charge in [0.1, 0.15) is 19.4 Å². The third kappa shape index (κ3) is 4.00. The average molecular weight is 308 g/mol. The van der Waals surface area contributed by atoms with Gasteiger partial charge in [0.15, 0.2) is 0 Å². The Balaban J connectivity index is 2.04. The van der Waals surface area contributed by atoms with Crippen LogP contribution in [0, 0.1) is 17.4 Å². The van der Waals surface area contributed by atoms with Gasteiger partial charge in [-0.15, -0.1) is 5.54 Å². The van der Waals surface area contributed by atoms with Crippen molar-refractivity contribution in [3.63, 3.8) is 0 Å². The highest BCUT2D eigenvalue weighted by atomic mass is 28.3. The summed E-state index contributed by atoms with van der Waals surface area (Å²) in [4.78, 5) is 19.2. The van der Waals surface area contributed by atoms with Gasteiger partial charge >= 0.3 is 6.09 Å². The predicted octanol–water partition coefficient (Wildman–Crippen LogP) is 2.84. The maximum absolute atomic E-state index is 12.2. The molecule has 0 bridgehead atoms. The van der Waals surface area contributed by atoms with Crippen molar-refractivity contribution in [2.45, 2.75) is 58.7 Å².